The molecule has 5 N–H and O–H groups in total. The molecule has 1 fully saturated rings. The fraction of sp³-hybridized carbons (Fsp3) is 0.389. The lowest BCUT2D eigenvalue weighted by Crippen LogP contribution is -2.39. The zero-order valence-electron chi connectivity index (χ0n) is 15.6. The third kappa shape index (κ3) is 4.39. The van der Waals surface area contributed by atoms with Gasteiger partial charge in [-0.25, -0.2) is 23.1 Å². The lowest BCUT2D eigenvalue weighted by Gasteiger charge is -2.32. The van der Waals surface area contributed by atoms with Crippen molar-refractivity contribution in [1.82, 2.24) is 14.7 Å². The normalized spacial score (nSPS) is 15.5. The number of carbonyl (C=O) groups excluding carboxylic acids is 1. The molecule has 0 spiro atoms. The number of primary amides is 1. The summed E-state index contributed by atoms with van der Waals surface area (Å²) in [7, 11) is -3.74. The van der Waals surface area contributed by atoms with Gasteiger partial charge in [-0.1, -0.05) is 6.07 Å². The Morgan fingerprint density at radius 3 is 2.68 bits per heavy atom. The van der Waals surface area contributed by atoms with E-state index in [4.69, 9.17) is 11.5 Å². The average Bonchev–Trinajstić information content (AvgIpc) is 2.69. The smallest absolute Gasteiger partial charge is 0.242 e. The molecule has 2 aromatic heterocycles. The lowest BCUT2D eigenvalue weighted by atomic mass is 9.96. The number of sulfonamides is 1. The second kappa shape index (κ2) is 8.11. The number of anilines is 2. The van der Waals surface area contributed by atoms with Gasteiger partial charge < -0.3 is 16.4 Å². The monoisotopic (exact) mass is 404 g/mol. The van der Waals surface area contributed by atoms with Crippen molar-refractivity contribution in [2.45, 2.75) is 31.2 Å². The van der Waals surface area contributed by atoms with Crippen LogP contribution in [0.1, 0.15) is 24.0 Å². The standard InChI is InChI=1S/C18H24N6O3S/c1-12-9-15(11-22-16(12)19)28(26,27)23-10-14-3-2-6-21-18(14)24-7-4-13(5-8-24)17(20)25/h2-3,6,9,11,13,23H,4-5,7-8,10H2,1H3,(H2,19,22)(H2,20,25). The minimum absolute atomic E-state index is 0.0620. The van der Waals surface area contributed by atoms with Gasteiger partial charge in [-0.05, 0) is 37.5 Å². The Hall–Kier alpha value is -2.72. The van der Waals surface area contributed by atoms with Crippen molar-refractivity contribution in [3.8, 4) is 0 Å². The van der Waals surface area contributed by atoms with E-state index in [0.717, 1.165) is 5.56 Å². The number of piperidine rings is 1. The Morgan fingerprint density at radius 1 is 1.32 bits per heavy atom. The Balaban J connectivity index is 1.73. The minimum Gasteiger partial charge on any atom is -0.383 e. The molecule has 150 valence electrons. The first kappa shape index (κ1) is 20.0. The second-order valence-electron chi connectivity index (χ2n) is 6.85. The van der Waals surface area contributed by atoms with Crippen LogP contribution in [-0.4, -0.2) is 37.4 Å². The summed E-state index contributed by atoms with van der Waals surface area (Å²) in [5.74, 6) is 0.608. The van der Waals surface area contributed by atoms with Crippen molar-refractivity contribution in [2.75, 3.05) is 23.7 Å². The van der Waals surface area contributed by atoms with Crippen LogP contribution < -0.4 is 21.1 Å². The molecule has 0 atom stereocenters. The van der Waals surface area contributed by atoms with Gasteiger partial charge >= 0.3 is 0 Å². The molecule has 0 aromatic carbocycles. The number of nitrogens with one attached hydrogen (secondary N) is 1. The van der Waals surface area contributed by atoms with Crippen LogP contribution in [0.25, 0.3) is 0 Å². The number of hydrogen-bond acceptors (Lipinski definition) is 7. The molecular weight excluding hydrogens is 380 g/mol. The zero-order valence-corrected chi connectivity index (χ0v) is 16.4. The average molecular weight is 404 g/mol. The fourth-order valence-corrected chi connectivity index (χ4v) is 4.23. The maximum absolute atomic E-state index is 12.6. The first-order valence-corrected chi connectivity index (χ1v) is 10.5. The number of rotatable bonds is 6. The van der Waals surface area contributed by atoms with Crippen molar-refractivity contribution >= 4 is 27.6 Å². The van der Waals surface area contributed by atoms with Gasteiger partial charge in [-0.3, -0.25) is 4.79 Å². The molecule has 0 saturated carbocycles. The van der Waals surface area contributed by atoms with Gasteiger partial charge in [0.2, 0.25) is 15.9 Å². The first-order chi connectivity index (χ1) is 13.3. The Bertz CT molecular complexity index is 971. The molecule has 3 heterocycles. The summed E-state index contributed by atoms with van der Waals surface area (Å²) in [4.78, 5) is 21.8. The van der Waals surface area contributed by atoms with Gasteiger partial charge in [0.1, 0.15) is 16.5 Å². The van der Waals surface area contributed by atoms with E-state index in [2.05, 4.69) is 19.6 Å². The Kier molecular flexibility index (Phi) is 5.80. The Labute approximate surface area is 164 Å². The quantitative estimate of drug-likeness (QED) is 0.637. The van der Waals surface area contributed by atoms with Gasteiger partial charge in [0.15, 0.2) is 0 Å². The Morgan fingerprint density at radius 2 is 2.04 bits per heavy atom. The number of carbonyl (C=O) groups is 1. The number of amides is 1. The van der Waals surface area contributed by atoms with Gasteiger partial charge in [0.05, 0.1) is 0 Å². The van der Waals surface area contributed by atoms with E-state index in [1.54, 1.807) is 19.2 Å². The summed E-state index contributed by atoms with van der Waals surface area (Å²) >= 11 is 0. The molecule has 9 nitrogen and oxygen atoms in total. The molecule has 0 radical (unpaired) electrons. The summed E-state index contributed by atoms with van der Waals surface area (Å²) < 4.78 is 27.8. The van der Waals surface area contributed by atoms with E-state index in [1.165, 1.54) is 12.3 Å². The SMILES string of the molecule is Cc1cc(S(=O)(=O)NCc2cccnc2N2CCC(C(N)=O)CC2)cnc1N. The van der Waals surface area contributed by atoms with Gasteiger partial charge in [-0.15, -0.1) is 0 Å². The van der Waals surface area contributed by atoms with Gasteiger partial charge in [-0.2, -0.15) is 0 Å². The van der Waals surface area contributed by atoms with Crippen LogP contribution in [-0.2, 0) is 21.4 Å². The van der Waals surface area contributed by atoms with Crippen molar-refractivity contribution in [3.63, 3.8) is 0 Å². The first-order valence-electron chi connectivity index (χ1n) is 8.98. The van der Waals surface area contributed by atoms with Crippen molar-refractivity contribution < 1.29 is 13.2 Å². The molecule has 0 bridgehead atoms. The largest absolute Gasteiger partial charge is 0.383 e. The fourth-order valence-electron chi connectivity index (χ4n) is 3.19. The van der Waals surface area contributed by atoms with Crippen LogP contribution in [0.3, 0.4) is 0 Å². The molecular formula is C18H24N6O3S. The van der Waals surface area contributed by atoms with Crippen LogP contribution in [0.15, 0.2) is 35.5 Å². The van der Waals surface area contributed by atoms with E-state index >= 15 is 0 Å². The maximum atomic E-state index is 12.6. The molecule has 1 aliphatic rings. The van der Waals surface area contributed by atoms with E-state index < -0.39 is 10.0 Å². The summed E-state index contributed by atoms with van der Waals surface area (Å²) in [6.45, 7) is 3.08. The number of aryl methyl sites for hydroxylation is 1. The van der Waals surface area contributed by atoms with E-state index in [-0.39, 0.29) is 23.3 Å². The highest BCUT2D eigenvalue weighted by molar-refractivity contribution is 7.89. The van der Waals surface area contributed by atoms with Crippen LogP contribution in [0, 0.1) is 12.8 Å². The predicted molar refractivity (Wildman–Crippen MR) is 106 cm³/mol. The second-order valence-corrected chi connectivity index (χ2v) is 8.61. The third-order valence-corrected chi connectivity index (χ3v) is 6.29. The van der Waals surface area contributed by atoms with Crippen LogP contribution in [0.5, 0.6) is 0 Å². The topological polar surface area (TPSA) is 144 Å². The highest BCUT2D eigenvalue weighted by Gasteiger charge is 2.25. The maximum Gasteiger partial charge on any atom is 0.242 e. The molecule has 10 heteroatoms. The van der Waals surface area contributed by atoms with Crippen molar-refractivity contribution in [1.29, 1.82) is 0 Å². The number of hydrogen-bond donors (Lipinski definition) is 3. The molecule has 28 heavy (non-hydrogen) atoms. The summed E-state index contributed by atoms with van der Waals surface area (Å²) in [5, 5.41) is 0. The molecule has 3 rings (SSSR count). The van der Waals surface area contributed by atoms with E-state index in [9.17, 15) is 13.2 Å². The summed E-state index contributed by atoms with van der Waals surface area (Å²) in [5.41, 5.74) is 12.4. The van der Waals surface area contributed by atoms with Crippen LogP contribution in [0.4, 0.5) is 11.6 Å². The number of nitrogen functional groups attached to an aromatic ring is 1. The molecule has 2 aromatic rings. The number of aromatic nitrogens is 2. The minimum atomic E-state index is -3.74. The third-order valence-electron chi connectivity index (χ3n) is 4.92. The molecule has 1 amide bonds. The van der Waals surface area contributed by atoms with E-state index in [1.807, 2.05) is 6.07 Å². The van der Waals surface area contributed by atoms with Crippen LogP contribution in [0.2, 0.25) is 0 Å². The van der Waals surface area contributed by atoms with E-state index in [0.29, 0.717) is 43.1 Å². The summed E-state index contributed by atoms with van der Waals surface area (Å²) in [6.07, 6.45) is 4.23. The zero-order chi connectivity index (χ0) is 20.3. The molecule has 0 unspecified atom stereocenters. The highest BCUT2D eigenvalue weighted by Crippen LogP contribution is 2.25. The molecule has 0 aliphatic carbocycles. The predicted octanol–water partition coefficient (Wildman–Crippen LogP) is 0.547. The number of pyridine rings is 2. The molecule has 1 saturated heterocycles. The van der Waals surface area contributed by atoms with Gasteiger partial charge in [0.25, 0.3) is 0 Å². The number of nitrogens with two attached hydrogens (primary N) is 2. The molecule has 1 aliphatic heterocycles. The summed E-state index contributed by atoms with van der Waals surface area (Å²) in [6, 6.07) is 5.08. The van der Waals surface area contributed by atoms with Crippen LogP contribution >= 0.6 is 0 Å². The lowest BCUT2D eigenvalue weighted by molar-refractivity contribution is -0.122. The van der Waals surface area contributed by atoms with Crippen molar-refractivity contribution in [3.05, 3.63) is 41.7 Å². The number of nitrogens with zero attached hydrogens (tertiary/aromatic N) is 3. The highest BCUT2D eigenvalue weighted by atomic mass is 32.2. The van der Waals surface area contributed by atoms with Gasteiger partial charge in [0, 0.05) is 43.5 Å². The van der Waals surface area contributed by atoms with Crippen molar-refractivity contribution in [2.24, 2.45) is 11.7 Å².